The zero-order valence-electron chi connectivity index (χ0n) is 11.0. The second-order valence-electron chi connectivity index (χ2n) is 5.01. The molecule has 2 N–H and O–H groups in total. The molecule has 2 atom stereocenters. The Kier molecular flexibility index (Phi) is 3.27. The van der Waals surface area contributed by atoms with Gasteiger partial charge in [-0.15, -0.1) is 0 Å². The van der Waals surface area contributed by atoms with Gasteiger partial charge in [-0.05, 0) is 23.7 Å². The number of likely N-dealkylation sites (tertiary alicyclic amines) is 1. The Morgan fingerprint density at radius 3 is 2.90 bits per heavy atom. The van der Waals surface area contributed by atoms with Gasteiger partial charge in [0.05, 0.1) is 6.33 Å². The van der Waals surface area contributed by atoms with Crippen LogP contribution in [0.15, 0.2) is 29.1 Å². The van der Waals surface area contributed by atoms with Crippen molar-refractivity contribution in [3.8, 4) is 0 Å². The summed E-state index contributed by atoms with van der Waals surface area (Å²) in [5.41, 5.74) is 7.19. The van der Waals surface area contributed by atoms with Crippen molar-refractivity contribution >= 4 is 17.5 Å². The molecule has 1 aliphatic heterocycles. The maximum atomic E-state index is 12.3. The summed E-state index contributed by atoms with van der Waals surface area (Å²) in [6, 6.07) is 3.02. The molecule has 1 fully saturated rings. The summed E-state index contributed by atoms with van der Waals surface area (Å²) in [5.74, 6) is 0.141. The third-order valence-electron chi connectivity index (χ3n) is 3.67. The lowest BCUT2D eigenvalue weighted by atomic mass is 10.0. The number of halogens is 1. The molecule has 1 aliphatic rings. The molecule has 3 rings (SSSR count). The number of carbonyl (C=O) groups is 1. The highest BCUT2D eigenvalue weighted by Gasteiger charge is 2.36. The molecule has 0 aliphatic carbocycles. The number of carbonyl (C=O) groups excluding carboxylic acids is 1. The molecule has 2 aromatic heterocycles. The first-order chi connectivity index (χ1) is 9.56. The van der Waals surface area contributed by atoms with E-state index < -0.39 is 0 Å². The minimum Gasteiger partial charge on any atom is -0.440 e. The van der Waals surface area contributed by atoms with Crippen molar-refractivity contribution in [2.75, 3.05) is 13.1 Å². The maximum absolute atomic E-state index is 12.3. The van der Waals surface area contributed by atoms with Crippen molar-refractivity contribution in [2.24, 2.45) is 12.8 Å². The molecule has 7 heteroatoms. The van der Waals surface area contributed by atoms with Gasteiger partial charge in [0.25, 0.3) is 5.91 Å². The molecule has 0 aromatic carbocycles. The van der Waals surface area contributed by atoms with Crippen molar-refractivity contribution < 1.29 is 9.21 Å². The molecule has 2 aromatic rings. The van der Waals surface area contributed by atoms with Crippen LogP contribution in [0.1, 0.15) is 22.2 Å². The topological polar surface area (TPSA) is 77.3 Å². The molecule has 20 heavy (non-hydrogen) atoms. The summed E-state index contributed by atoms with van der Waals surface area (Å²) in [6.07, 6.45) is 3.53. The van der Waals surface area contributed by atoms with Gasteiger partial charge in [-0.25, -0.2) is 4.98 Å². The number of hydrogen-bond acceptors (Lipinski definition) is 4. The summed E-state index contributed by atoms with van der Waals surface area (Å²) in [5, 5.41) is 0.208. The molecule has 3 heterocycles. The zero-order valence-corrected chi connectivity index (χ0v) is 11.7. The predicted molar refractivity (Wildman–Crippen MR) is 73.5 cm³/mol. The maximum Gasteiger partial charge on any atom is 0.289 e. The van der Waals surface area contributed by atoms with Crippen LogP contribution >= 0.6 is 11.6 Å². The third-order valence-corrected chi connectivity index (χ3v) is 3.87. The number of hydrogen-bond donors (Lipinski definition) is 1. The van der Waals surface area contributed by atoms with E-state index in [-0.39, 0.29) is 28.8 Å². The van der Waals surface area contributed by atoms with E-state index in [1.54, 1.807) is 29.6 Å². The van der Waals surface area contributed by atoms with Crippen LogP contribution in [-0.2, 0) is 7.05 Å². The van der Waals surface area contributed by atoms with Crippen molar-refractivity contribution in [1.82, 2.24) is 14.5 Å². The van der Waals surface area contributed by atoms with Crippen molar-refractivity contribution in [3.63, 3.8) is 0 Å². The SMILES string of the molecule is Cn1cncc1[C@@H]1CN(C(=O)c2ccc(Cl)o2)C[C@H]1N. The molecule has 6 nitrogen and oxygen atoms in total. The average Bonchev–Trinajstić information content (AvgIpc) is 3.09. The van der Waals surface area contributed by atoms with E-state index >= 15 is 0 Å². The van der Waals surface area contributed by atoms with Crippen LogP contribution in [0, 0.1) is 0 Å². The molecule has 0 spiro atoms. The van der Waals surface area contributed by atoms with Gasteiger partial charge in [-0.3, -0.25) is 4.79 Å². The summed E-state index contributed by atoms with van der Waals surface area (Å²) >= 11 is 5.70. The van der Waals surface area contributed by atoms with Crippen LogP contribution in [0.4, 0.5) is 0 Å². The highest BCUT2D eigenvalue weighted by molar-refractivity contribution is 6.29. The Labute approximate surface area is 121 Å². The number of rotatable bonds is 2. The number of nitrogens with zero attached hydrogens (tertiary/aromatic N) is 3. The first-order valence-corrected chi connectivity index (χ1v) is 6.70. The normalized spacial score (nSPS) is 22.4. The standard InChI is InChI=1S/C13H15ClN4O2/c1-17-7-16-4-10(17)8-5-18(6-9(8)15)13(19)11-2-3-12(14)20-11/h2-4,7-9H,5-6,15H2,1H3/t8-,9-/m1/s1. The van der Waals surface area contributed by atoms with E-state index in [4.69, 9.17) is 21.8 Å². The van der Waals surface area contributed by atoms with E-state index in [0.29, 0.717) is 13.1 Å². The van der Waals surface area contributed by atoms with Crippen molar-refractivity contribution in [1.29, 1.82) is 0 Å². The molecule has 0 radical (unpaired) electrons. The molecule has 0 bridgehead atoms. The van der Waals surface area contributed by atoms with Crippen LogP contribution in [0.3, 0.4) is 0 Å². The molecular formula is C13H15ClN4O2. The quantitative estimate of drug-likeness (QED) is 0.904. The Bertz CT molecular complexity index is 636. The second-order valence-corrected chi connectivity index (χ2v) is 5.39. The molecule has 106 valence electrons. The summed E-state index contributed by atoms with van der Waals surface area (Å²) < 4.78 is 7.09. The van der Waals surface area contributed by atoms with E-state index in [1.807, 2.05) is 11.6 Å². The van der Waals surface area contributed by atoms with Gasteiger partial charge >= 0.3 is 0 Å². The molecule has 1 amide bonds. The van der Waals surface area contributed by atoms with E-state index in [9.17, 15) is 4.79 Å². The second kappa shape index (κ2) is 4.96. The average molecular weight is 295 g/mol. The van der Waals surface area contributed by atoms with Crippen LogP contribution in [0.25, 0.3) is 0 Å². The minimum absolute atomic E-state index is 0.0804. The van der Waals surface area contributed by atoms with Crippen LogP contribution in [-0.4, -0.2) is 39.5 Å². The fraction of sp³-hybridized carbons (Fsp3) is 0.385. The van der Waals surface area contributed by atoms with Crippen molar-refractivity contribution in [2.45, 2.75) is 12.0 Å². The van der Waals surface area contributed by atoms with E-state index in [1.165, 1.54) is 0 Å². The highest BCUT2D eigenvalue weighted by atomic mass is 35.5. The Balaban J connectivity index is 1.78. The fourth-order valence-corrected chi connectivity index (χ4v) is 2.76. The van der Waals surface area contributed by atoms with Gasteiger partial charge in [0.1, 0.15) is 0 Å². The number of nitrogens with two attached hydrogens (primary N) is 1. The highest BCUT2D eigenvalue weighted by Crippen LogP contribution is 2.27. The van der Waals surface area contributed by atoms with Crippen LogP contribution in [0.2, 0.25) is 5.22 Å². The smallest absolute Gasteiger partial charge is 0.289 e. The molecular weight excluding hydrogens is 280 g/mol. The third kappa shape index (κ3) is 2.21. The number of amides is 1. The van der Waals surface area contributed by atoms with Gasteiger partial charge in [-0.1, -0.05) is 0 Å². The lowest BCUT2D eigenvalue weighted by molar-refractivity contribution is 0.0757. The van der Waals surface area contributed by atoms with Gasteiger partial charge in [-0.2, -0.15) is 0 Å². The largest absolute Gasteiger partial charge is 0.440 e. The summed E-state index contributed by atoms with van der Waals surface area (Å²) in [7, 11) is 1.92. The van der Waals surface area contributed by atoms with Crippen LogP contribution < -0.4 is 5.73 Å². The van der Waals surface area contributed by atoms with Gasteiger partial charge in [0.2, 0.25) is 0 Å². The van der Waals surface area contributed by atoms with E-state index in [0.717, 1.165) is 5.69 Å². The molecule has 0 saturated carbocycles. The monoisotopic (exact) mass is 294 g/mol. The first-order valence-electron chi connectivity index (χ1n) is 6.32. The minimum atomic E-state index is -0.183. The van der Waals surface area contributed by atoms with Crippen molar-refractivity contribution in [3.05, 3.63) is 41.3 Å². The number of furan rings is 1. The zero-order chi connectivity index (χ0) is 14.3. The summed E-state index contributed by atoms with van der Waals surface area (Å²) in [4.78, 5) is 18.1. The van der Waals surface area contributed by atoms with E-state index in [2.05, 4.69) is 4.98 Å². The number of aromatic nitrogens is 2. The number of aryl methyl sites for hydroxylation is 1. The molecule has 1 saturated heterocycles. The lowest BCUT2D eigenvalue weighted by Crippen LogP contribution is -2.32. The predicted octanol–water partition coefficient (Wildman–Crippen LogP) is 1.23. The van der Waals surface area contributed by atoms with Gasteiger partial charge in [0, 0.05) is 44.0 Å². The Morgan fingerprint density at radius 2 is 2.30 bits per heavy atom. The molecule has 0 unspecified atom stereocenters. The lowest BCUT2D eigenvalue weighted by Gasteiger charge is -2.15. The Hall–Kier alpha value is -1.79. The van der Waals surface area contributed by atoms with Gasteiger partial charge in [0.15, 0.2) is 11.0 Å². The van der Waals surface area contributed by atoms with Gasteiger partial charge < -0.3 is 19.6 Å². The first kappa shape index (κ1) is 13.2. The number of imidazole rings is 1. The Morgan fingerprint density at radius 1 is 1.50 bits per heavy atom. The van der Waals surface area contributed by atoms with Crippen LogP contribution in [0.5, 0.6) is 0 Å². The fourth-order valence-electron chi connectivity index (χ4n) is 2.62. The summed E-state index contributed by atoms with van der Waals surface area (Å²) in [6.45, 7) is 1.05.